The standard InChI is InChI=1S/C16H21N3O3/c20-11-14-12-21-10-9-19(14)8-4-7-15-17-16(18-22-15)13-5-2-1-3-6-13/h1-3,5-6,14,20H,4,7-12H2. The van der Waals surface area contributed by atoms with E-state index in [1.165, 1.54) is 0 Å². The van der Waals surface area contributed by atoms with Crippen LogP contribution in [0.3, 0.4) is 0 Å². The summed E-state index contributed by atoms with van der Waals surface area (Å²) in [7, 11) is 0. The highest BCUT2D eigenvalue weighted by molar-refractivity contribution is 5.53. The maximum absolute atomic E-state index is 9.34. The molecule has 22 heavy (non-hydrogen) atoms. The molecule has 118 valence electrons. The number of ether oxygens (including phenoxy) is 1. The van der Waals surface area contributed by atoms with Crippen LogP contribution in [-0.2, 0) is 11.2 Å². The summed E-state index contributed by atoms with van der Waals surface area (Å²) in [5.74, 6) is 1.29. The van der Waals surface area contributed by atoms with Crippen LogP contribution in [0.15, 0.2) is 34.9 Å². The maximum Gasteiger partial charge on any atom is 0.227 e. The summed E-state index contributed by atoms with van der Waals surface area (Å²) in [6.45, 7) is 3.24. The molecule has 1 aliphatic rings. The van der Waals surface area contributed by atoms with Gasteiger partial charge >= 0.3 is 0 Å². The van der Waals surface area contributed by atoms with Crippen molar-refractivity contribution < 1.29 is 14.4 Å². The van der Waals surface area contributed by atoms with Crippen molar-refractivity contribution in [1.29, 1.82) is 0 Å². The van der Waals surface area contributed by atoms with Gasteiger partial charge in [-0.3, -0.25) is 4.90 Å². The van der Waals surface area contributed by atoms with E-state index in [0.717, 1.165) is 38.1 Å². The Hall–Kier alpha value is -1.76. The minimum atomic E-state index is 0.108. The second-order valence-corrected chi connectivity index (χ2v) is 5.43. The molecule has 0 saturated carbocycles. The van der Waals surface area contributed by atoms with E-state index in [1.807, 2.05) is 30.3 Å². The third kappa shape index (κ3) is 3.71. The van der Waals surface area contributed by atoms with Gasteiger partial charge in [-0.25, -0.2) is 0 Å². The van der Waals surface area contributed by atoms with Crippen molar-refractivity contribution in [2.45, 2.75) is 18.9 Å². The normalized spacial score (nSPS) is 19.4. The molecule has 1 aromatic heterocycles. The summed E-state index contributed by atoms with van der Waals surface area (Å²) in [6, 6.07) is 9.92. The molecule has 2 aromatic rings. The number of morpholine rings is 1. The third-order valence-electron chi connectivity index (χ3n) is 3.90. The van der Waals surface area contributed by atoms with Gasteiger partial charge in [-0.05, 0) is 13.0 Å². The van der Waals surface area contributed by atoms with Crippen molar-refractivity contribution in [3.8, 4) is 11.4 Å². The molecule has 6 heteroatoms. The Labute approximate surface area is 129 Å². The van der Waals surface area contributed by atoms with Crippen LogP contribution in [0.25, 0.3) is 11.4 Å². The van der Waals surface area contributed by atoms with Gasteiger partial charge < -0.3 is 14.4 Å². The maximum atomic E-state index is 9.34. The summed E-state index contributed by atoms with van der Waals surface area (Å²) in [4.78, 5) is 6.69. The molecule has 1 saturated heterocycles. The van der Waals surface area contributed by atoms with Gasteiger partial charge in [-0.15, -0.1) is 0 Å². The van der Waals surface area contributed by atoms with E-state index >= 15 is 0 Å². The van der Waals surface area contributed by atoms with E-state index in [1.54, 1.807) is 0 Å². The van der Waals surface area contributed by atoms with E-state index in [0.29, 0.717) is 18.3 Å². The lowest BCUT2D eigenvalue weighted by atomic mass is 10.2. The van der Waals surface area contributed by atoms with E-state index in [9.17, 15) is 5.11 Å². The Morgan fingerprint density at radius 3 is 2.95 bits per heavy atom. The van der Waals surface area contributed by atoms with E-state index in [-0.39, 0.29) is 12.6 Å². The average Bonchev–Trinajstić information content (AvgIpc) is 3.05. The number of rotatable bonds is 6. The molecular formula is C16H21N3O3. The number of aryl methyl sites for hydroxylation is 1. The molecule has 0 spiro atoms. The summed E-state index contributed by atoms with van der Waals surface area (Å²) in [6.07, 6.45) is 1.67. The molecule has 1 N–H and O–H groups in total. The van der Waals surface area contributed by atoms with Crippen molar-refractivity contribution in [1.82, 2.24) is 15.0 Å². The molecule has 1 atom stereocenters. The third-order valence-corrected chi connectivity index (χ3v) is 3.90. The van der Waals surface area contributed by atoms with Gasteiger partial charge in [-0.1, -0.05) is 35.5 Å². The first-order chi connectivity index (χ1) is 10.9. The van der Waals surface area contributed by atoms with E-state index in [4.69, 9.17) is 9.26 Å². The molecule has 1 unspecified atom stereocenters. The fourth-order valence-electron chi connectivity index (χ4n) is 2.65. The number of benzene rings is 1. The van der Waals surface area contributed by atoms with Crippen molar-refractivity contribution >= 4 is 0 Å². The molecule has 0 amide bonds. The molecule has 2 heterocycles. The highest BCUT2D eigenvalue weighted by Crippen LogP contribution is 2.15. The Balaban J connectivity index is 1.51. The topological polar surface area (TPSA) is 71.6 Å². The largest absolute Gasteiger partial charge is 0.395 e. The van der Waals surface area contributed by atoms with Gasteiger partial charge in [0, 0.05) is 18.5 Å². The molecule has 0 radical (unpaired) electrons. The number of hydrogen-bond donors (Lipinski definition) is 1. The first-order valence-corrected chi connectivity index (χ1v) is 7.67. The fourth-order valence-corrected chi connectivity index (χ4v) is 2.65. The number of aliphatic hydroxyl groups excluding tert-OH is 1. The fraction of sp³-hybridized carbons (Fsp3) is 0.500. The Bertz CT molecular complexity index is 573. The lowest BCUT2D eigenvalue weighted by Crippen LogP contribution is -2.47. The minimum absolute atomic E-state index is 0.108. The van der Waals surface area contributed by atoms with Crippen LogP contribution in [0.5, 0.6) is 0 Å². The van der Waals surface area contributed by atoms with Gasteiger partial charge in [0.1, 0.15) is 0 Å². The summed E-state index contributed by atoms with van der Waals surface area (Å²) in [5.41, 5.74) is 0.964. The van der Waals surface area contributed by atoms with Crippen molar-refractivity contribution in [3.05, 3.63) is 36.2 Å². The summed E-state index contributed by atoms with van der Waals surface area (Å²) >= 11 is 0. The molecule has 0 bridgehead atoms. The van der Waals surface area contributed by atoms with Crippen LogP contribution < -0.4 is 0 Å². The highest BCUT2D eigenvalue weighted by Gasteiger charge is 2.21. The van der Waals surface area contributed by atoms with E-state index in [2.05, 4.69) is 15.0 Å². The monoisotopic (exact) mass is 303 g/mol. The number of hydrogen-bond acceptors (Lipinski definition) is 6. The van der Waals surface area contributed by atoms with Crippen LogP contribution in [-0.4, -0.2) is 59.1 Å². The highest BCUT2D eigenvalue weighted by atomic mass is 16.5. The van der Waals surface area contributed by atoms with Gasteiger partial charge in [0.05, 0.1) is 25.9 Å². The van der Waals surface area contributed by atoms with Crippen LogP contribution in [0.4, 0.5) is 0 Å². The Morgan fingerprint density at radius 2 is 2.14 bits per heavy atom. The first-order valence-electron chi connectivity index (χ1n) is 7.67. The quantitative estimate of drug-likeness (QED) is 0.869. The zero-order valence-electron chi connectivity index (χ0n) is 12.5. The SMILES string of the molecule is OCC1COCCN1CCCc1nc(-c2ccccc2)no1. The molecular weight excluding hydrogens is 282 g/mol. The Kier molecular flexibility index (Phi) is 5.15. The number of nitrogens with zero attached hydrogens (tertiary/aromatic N) is 3. The van der Waals surface area contributed by atoms with Crippen molar-refractivity contribution in [3.63, 3.8) is 0 Å². The van der Waals surface area contributed by atoms with Crippen LogP contribution >= 0.6 is 0 Å². The zero-order chi connectivity index (χ0) is 15.2. The van der Waals surface area contributed by atoms with Gasteiger partial charge in [-0.2, -0.15) is 4.98 Å². The lowest BCUT2D eigenvalue weighted by molar-refractivity contribution is -0.0277. The van der Waals surface area contributed by atoms with Crippen LogP contribution in [0.1, 0.15) is 12.3 Å². The van der Waals surface area contributed by atoms with Gasteiger partial charge in [0.2, 0.25) is 11.7 Å². The van der Waals surface area contributed by atoms with Crippen molar-refractivity contribution in [2.24, 2.45) is 0 Å². The second kappa shape index (κ2) is 7.49. The first kappa shape index (κ1) is 15.1. The molecule has 1 aromatic carbocycles. The van der Waals surface area contributed by atoms with E-state index < -0.39 is 0 Å². The van der Waals surface area contributed by atoms with Gasteiger partial charge in [0.25, 0.3) is 0 Å². The van der Waals surface area contributed by atoms with Crippen molar-refractivity contribution in [2.75, 3.05) is 32.9 Å². The molecule has 1 fully saturated rings. The smallest absolute Gasteiger partial charge is 0.227 e. The lowest BCUT2D eigenvalue weighted by Gasteiger charge is -2.34. The average molecular weight is 303 g/mol. The number of aromatic nitrogens is 2. The van der Waals surface area contributed by atoms with Crippen LogP contribution in [0.2, 0.25) is 0 Å². The molecule has 6 nitrogen and oxygen atoms in total. The minimum Gasteiger partial charge on any atom is -0.395 e. The number of aliphatic hydroxyl groups is 1. The van der Waals surface area contributed by atoms with Crippen LogP contribution in [0, 0.1) is 0 Å². The molecule has 1 aliphatic heterocycles. The second-order valence-electron chi connectivity index (χ2n) is 5.43. The zero-order valence-corrected chi connectivity index (χ0v) is 12.5. The molecule has 3 rings (SSSR count). The summed E-state index contributed by atoms with van der Waals surface area (Å²) < 4.78 is 10.7. The predicted molar refractivity (Wildman–Crippen MR) is 81.3 cm³/mol. The summed E-state index contributed by atoms with van der Waals surface area (Å²) in [5, 5.41) is 13.4. The Morgan fingerprint density at radius 1 is 1.27 bits per heavy atom. The predicted octanol–water partition coefficient (Wildman–Crippen LogP) is 1.36. The van der Waals surface area contributed by atoms with Gasteiger partial charge in [0.15, 0.2) is 0 Å². The molecule has 0 aliphatic carbocycles.